The fraction of sp³-hybridized carbons (Fsp3) is 0.333. The SMILES string of the molecule is COc1ccc2c(ccn2[Si](C)(C)C)c1. The molecule has 0 saturated heterocycles. The van der Waals surface area contributed by atoms with E-state index < -0.39 is 8.24 Å². The minimum absolute atomic E-state index is 0.927. The molecule has 2 rings (SSSR count). The maximum absolute atomic E-state index is 5.22. The quantitative estimate of drug-likeness (QED) is 0.707. The van der Waals surface area contributed by atoms with Gasteiger partial charge in [0.25, 0.3) is 0 Å². The molecule has 0 saturated carbocycles. The summed E-state index contributed by atoms with van der Waals surface area (Å²) >= 11 is 0. The number of benzene rings is 1. The molecule has 80 valence electrons. The molecule has 2 nitrogen and oxygen atoms in total. The molecule has 0 unspecified atom stereocenters. The average Bonchev–Trinajstić information content (AvgIpc) is 2.59. The van der Waals surface area contributed by atoms with Crippen LogP contribution >= 0.6 is 0 Å². The highest BCUT2D eigenvalue weighted by molar-refractivity contribution is 6.75. The highest BCUT2D eigenvalue weighted by Gasteiger charge is 2.17. The second-order valence-electron chi connectivity index (χ2n) is 4.78. The van der Waals surface area contributed by atoms with Gasteiger partial charge in [-0.15, -0.1) is 0 Å². The summed E-state index contributed by atoms with van der Waals surface area (Å²) in [6.07, 6.45) is 2.19. The number of aromatic nitrogens is 1. The average molecular weight is 219 g/mol. The molecule has 0 aliphatic heterocycles. The Morgan fingerprint density at radius 1 is 1.13 bits per heavy atom. The van der Waals surface area contributed by atoms with E-state index in [9.17, 15) is 0 Å². The van der Waals surface area contributed by atoms with Crippen LogP contribution in [-0.2, 0) is 0 Å². The minimum atomic E-state index is -1.30. The van der Waals surface area contributed by atoms with E-state index in [4.69, 9.17) is 4.74 Å². The Morgan fingerprint density at radius 2 is 1.87 bits per heavy atom. The number of ether oxygens (including phenoxy) is 1. The van der Waals surface area contributed by atoms with Crippen LogP contribution in [0.2, 0.25) is 19.6 Å². The molecular formula is C12H17NOSi. The predicted octanol–water partition coefficient (Wildman–Crippen LogP) is 3.33. The highest BCUT2D eigenvalue weighted by atomic mass is 28.3. The first-order chi connectivity index (χ1) is 7.02. The molecule has 0 radical (unpaired) electrons. The lowest BCUT2D eigenvalue weighted by Gasteiger charge is -2.20. The van der Waals surface area contributed by atoms with Crippen LogP contribution in [0.1, 0.15) is 0 Å². The molecule has 0 atom stereocenters. The van der Waals surface area contributed by atoms with Crippen LogP contribution in [0.5, 0.6) is 5.75 Å². The van der Waals surface area contributed by atoms with Crippen LogP contribution in [0.25, 0.3) is 10.9 Å². The van der Waals surface area contributed by atoms with Crippen molar-refractivity contribution in [3.63, 3.8) is 0 Å². The van der Waals surface area contributed by atoms with Gasteiger partial charge in [-0.3, -0.25) is 0 Å². The third-order valence-electron chi connectivity index (χ3n) is 2.62. The zero-order valence-corrected chi connectivity index (χ0v) is 10.7. The summed E-state index contributed by atoms with van der Waals surface area (Å²) in [5.74, 6) is 0.927. The largest absolute Gasteiger partial charge is 0.497 e. The topological polar surface area (TPSA) is 14.2 Å². The van der Waals surface area contributed by atoms with Gasteiger partial charge in [0.2, 0.25) is 0 Å². The van der Waals surface area contributed by atoms with Crippen LogP contribution in [0.15, 0.2) is 30.5 Å². The summed E-state index contributed by atoms with van der Waals surface area (Å²) in [7, 11) is 0.408. The van der Waals surface area contributed by atoms with Gasteiger partial charge < -0.3 is 8.97 Å². The Labute approximate surface area is 91.6 Å². The van der Waals surface area contributed by atoms with Crippen molar-refractivity contribution in [1.29, 1.82) is 0 Å². The first kappa shape index (κ1) is 10.3. The molecule has 3 heteroatoms. The van der Waals surface area contributed by atoms with Gasteiger partial charge in [0.1, 0.15) is 5.75 Å². The molecular weight excluding hydrogens is 202 g/mol. The van der Waals surface area contributed by atoms with E-state index in [1.807, 2.05) is 6.07 Å². The van der Waals surface area contributed by atoms with E-state index in [-0.39, 0.29) is 0 Å². The van der Waals surface area contributed by atoms with E-state index in [2.05, 4.69) is 48.3 Å². The summed E-state index contributed by atoms with van der Waals surface area (Å²) < 4.78 is 7.64. The minimum Gasteiger partial charge on any atom is -0.497 e. The zero-order chi connectivity index (χ0) is 11.1. The van der Waals surface area contributed by atoms with Gasteiger partial charge in [-0.1, -0.05) is 19.6 Å². The molecule has 0 fully saturated rings. The van der Waals surface area contributed by atoms with Crippen LogP contribution in [0, 0.1) is 0 Å². The molecule has 0 aliphatic carbocycles. The predicted molar refractivity (Wildman–Crippen MR) is 67.2 cm³/mol. The van der Waals surface area contributed by atoms with E-state index in [1.165, 1.54) is 10.9 Å². The Hall–Kier alpha value is -1.22. The number of hydrogen-bond donors (Lipinski definition) is 0. The zero-order valence-electron chi connectivity index (χ0n) is 9.74. The van der Waals surface area contributed by atoms with Crippen molar-refractivity contribution < 1.29 is 4.74 Å². The maximum atomic E-state index is 5.22. The third-order valence-corrected chi connectivity index (χ3v) is 4.46. The fourth-order valence-corrected chi connectivity index (χ4v) is 3.28. The lowest BCUT2D eigenvalue weighted by atomic mass is 10.2. The number of fused-ring (bicyclic) bond motifs is 1. The van der Waals surface area contributed by atoms with Gasteiger partial charge in [0.15, 0.2) is 8.24 Å². The molecule has 1 aromatic heterocycles. The van der Waals surface area contributed by atoms with Crippen molar-refractivity contribution in [3.05, 3.63) is 30.5 Å². The van der Waals surface area contributed by atoms with Crippen molar-refractivity contribution in [2.75, 3.05) is 7.11 Å². The monoisotopic (exact) mass is 219 g/mol. The van der Waals surface area contributed by atoms with Gasteiger partial charge in [-0.05, 0) is 30.5 Å². The van der Waals surface area contributed by atoms with Crippen LogP contribution in [0.4, 0.5) is 0 Å². The first-order valence-electron chi connectivity index (χ1n) is 5.18. The summed E-state index contributed by atoms with van der Waals surface area (Å²) in [4.78, 5) is 0. The van der Waals surface area contributed by atoms with Gasteiger partial charge >= 0.3 is 0 Å². The summed E-state index contributed by atoms with van der Waals surface area (Å²) in [6, 6.07) is 8.42. The standard InChI is InChI=1S/C12H17NOSi/c1-14-11-5-6-12-10(9-11)7-8-13(12)15(2,3)4/h5-9H,1-4H3. The molecule has 0 spiro atoms. The van der Waals surface area contributed by atoms with Gasteiger partial charge in [0.05, 0.1) is 7.11 Å². The number of nitrogens with zero attached hydrogens (tertiary/aromatic N) is 1. The summed E-state index contributed by atoms with van der Waals surface area (Å²) in [5, 5.41) is 1.26. The number of methoxy groups -OCH3 is 1. The lowest BCUT2D eigenvalue weighted by Crippen LogP contribution is -2.30. The van der Waals surface area contributed by atoms with Crippen LogP contribution in [0.3, 0.4) is 0 Å². The van der Waals surface area contributed by atoms with E-state index in [0.29, 0.717) is 0 Å². The summed E-state index contributed by atoms with van der Waals surface area (Å²) in [5.41, 5.74) is 1.31. The molecule has 15 heavy (non-hydrogen) atoms. The van der Waals surface area contributed by atoms with Crippen molar-refractivity contribution in [3.8, 4) is 5.75 Å². The normalized spacial score (nSPS) is 12.0. The smallest absolute Gasteiger partial charge is 0.152 e. The molecule has 0 aliphatic rings. The van der Waals surface area contributed by atoms with Crippen molar-refractivity contribution in [2.24, 2.45) is 0 Å². The van der Waals surface area contributed by atoms with E-state index >= 15 is 0 Å². The second kappa shape index (κ2) is 3.42. The Kier molecular flexibility index (Phi) is 2.35. The maximum Gasteiger partial charge on any atom is 0.152 e. The summed E-state index contributed by atoms with van der Waals surface area (Å²) in [6.45, 7) is 7.03. The fourth-order valence-electron chi connectivity index (χ4n) is 1.83. The lowest BCUT2D eigenvalue weighted by molar-refractivity contribution is 0.415. The van der Waals surface area contributed by atoms with Crippen molar-refractivity contribution in [2.45, 2.75) is 19.6 Å². The van der Waals surface area contributed by atoms with E-state index in [1.54, 1.807) is 7.11 Å². The second-order valence-corrected chi connectivity index (χ2v) is 9.60. The molecule has 1 heterocycles. The number of rotatable bonds is 2. The molecule has 2 aromatic rings. The molecule has 0 N–H and O–H groups in total. The Morgan fingerprint density at radius 3 is 2.47 bits per heavy atom. The molecule has 0 amide bonds. The van der Waals surface area contributed by atoms with Crippen molar-refractivity contribution in [1.82, 2.24) is 4.23 Å². The Balaban J connectivity index is 2.62. The van der Waals surface area contributed by atoms with Crippen LogP contribution in [-0.4, -0.2) is 19.6 Å². The molecule has 1 aromatic carbocycles. The van der Waals surface area contributed by atoms with Gasteiger partial charge in [-0.2, -0.15) is 0 Å². The first-order valence-corrected chi connectivity index (χ1v) is 8.63. The third kappa shape index (κ3) is 1.79. The van der Waals surface area contributed by atoms with Gasteiger partial charge in [0, 0.05) is 10.9 Å². The Bertz CT molecular complexity index is 482. The highest BCUT2D eigenvalue weighted by Crippen LogP contribution is 2.24. The van der Waals surface area contributed by atoms with E-state index in [0.717, 1.165) is 5.75 Å². The van der Waals surface area contributed by atoms with Gasteiger partial charge in [-0.25, -0.2) is 0 Å². The van der Waals surface area contributed by atoms with Crippen molar-refractivity contribution >= 4 is 19.1 Å². The number of hydrogen-bond acceptors (Lipinski definition) is 1. The van der Waals surface area contributed by atoms with Crippen LogP contribution < -0.4 is 4.74 Å². The molecule has 0 bridgehead atoms.